The van der Waals surface area contributed by atoms with E-state index in [1.165, 1.54) is 6.08 Å². The van der Waals surface area contributed by atoms with Crippen LogP contribution in [0.15, 0.2) is 22.8 Å². The number of rotatable bonds is 1. The van der Waals surface area contributed by atoms with Crippen molar-refractivity contribution in [2.45, 2.75) is 33.6 Å². The standard InChI is InChI=1S/C12H15NO2/c1-8-9(5-7-13)4-6-12(2,3)10(8)11(14)15/h5H,4,6H2,1-3H3,(H,14,15). The molecule has 3 nitrogen and oxygen atoms in total. The molecular formula is C12H15NO2. The first-order valence-electron chi connectivity index (χ1n) is 4.94. The SMILES string of the molecule is CC1=C(C(=O)O)C(C)(C)CCC1=CC#N. The zero-order valence-electron chi connectivity index (χ0n) is 9.29. The van der Waals surface area contributed by atoms with E-state index in [1.54, 1.807) is 6.92 Å². The predicted molar refractivity (Wildman–Crippen MR) is 57.0 cm³/mol. The molecule has 0 aromatic carbocycles. The van der Waals surface area contributed by atoms with Crippen molar-refractivity contribution in [3.05, 3.63) is 22.8 Å². The van der Waals surface area contributed by atoms with Crippen molar-refractivity contribution in [3.8, 4) is 6.07 Å². The number of carboxylic acid groups (broad SMARTS) is 1. The summed E-state index contributed by atoms with van der Waals surface area (Å²) in [7, 11) is 0. The largest absolute Gasteiger partial charge is 0.478 e. The van der Waals surface area contributed by atoms with Crippen molar-refractivity contribution >= 4 is 5.97 Å². The molecule has 0 amide bonds. The molecule has 1 rings (SSSR count). The summed E-state index contributed by atoms with van der Waals surface area (Å²) in [5.41, 5.74) is 1.74. The van der Waals surface area contributed by atoms with E-state index in [0.717, 1.165) is 24.0 Å². The summed E-state index contributed by atoms with van der Waals surface area (Å²) in [6.45, 7) is 5.65. The highest BCUT2D eigenvalue weighted by atomic mass is 16.4. The number of aliphatic carboxylic acids is 1. The van der Waals surface area contributed by atoms with Crippen molar-refractivity contribution in [2.75, 3.05) is 0 Å². The van der Waals surface area contributed by atoms with Crippen LogP contribution in [0.25, 0.3) is 0 Å². The molecule has 0 spiro atoms. The summed E-state index contributed by atoms with van der Waals surface area (Å²) in [6.07, 6.45) is 3.01. The third kappa shape index (κ3) is 2.10. The average molecular weight is 205 g/mol. The maximum atomic E-state index is 11.2. The lowest BCUT2D eigenvalue weighted by Crippen LogP contribution is -2.26. The lowest BCUT2D eigenvalue weighted by Gasteiger charge is -2.32. The Morgan fingerprint density at radius 2 is 2.20 bits per heavy atom. The van der Waals surface area contributed by atoms with E-state index in [1.807, 2.05) is 19.9 Å². The fraction of sp³-hybridized carbons (Fsp3) is 0.500. The molecule has 0 saturated carbocycles. The molecular weight excluding hydrogens is 190 g/mol. The number of nitriles is 1. The summed E-state index contributed by atoms with van der Waals surface area (Å²) < 4.78 is 0. The van der Waals surface area contributed by atoms with E-state index in [-0.39, 0.29) is 5.41 Å². The third-order valence-electron chi connectivity index (χ3n) is 3.01. The van der Waals surface area contributed by atoms with E-state index in [9.17, 15) is 4.79 Å². The van der Waals surface area contributed by atoms with E-state index in [2.05, 4.69) is 0 Å². The van der Waals surface area contributed by atoms with E-state index < -0.39 is 5.97 Å². The molecule has 0 bridgehead atoms. The maximum absolute atomic E-state index is 11.2. The van der Waals surface area contributed by atoms with Crippen LogP contribution in [-0.2, 0) is 4.79 Å². The van der Waals surface area contributed by atoms with Gasteiger partial charge >= 0.3 is 5.97 Å². The number of nitrogens with zero attached hydrogens (tertiary/aromatic N) is 1. The second-order valence-corrected chi connectivity index (χ2v) is 4.49. The maximum Gasteiger partial charge on any atom is 0.332 e. The number of carbonyl (C=O) groups is 1. The Labute approximate surface area is 89.7 Å². The molecule has 0 fully saturated rings. The predicted octanol–water partition coefficient (Wildman–Crippen LogP) is 2.66. The first kappa shape index (κ1) is 11.5. The second-order valence-electron chi connectivity index (χ2n) is 4.49. The van der Waals surface area contributed by atoms with Gasteiger partial charge in [-0.25, -0.2) is 4.79 Å². The normalized spacial score (nSPS) is 22.7. The van der Waals surface area contributed by atoms with Gasteiger partial charge in [-0.2, -0.15) is 5.26 Å². The number of carboxylic acids is 1. The average Bonchev–Trinajstić information content (AvgIpc) is 2.09. The number of hydrogen-bond acceptors (Lipinski definition) is 2. The molecule has 0 heterocycles. The van der Waals surface area contributed by atoms with Crippen molar-refractivity contribution in [1.29, 1.82) is 5.26 Å². The number of allylic oxidation sites excluding steroid dienone is 3. The first-order valence-corrected chi connectivity index (χ1v) is 4.94. The van der Waals surface area contributed by atoms with Gasteiger partial charge in [-0.05, 0) is 36.3 Å². The van der Waals surface area contributed by atoms with Crippen LogP contribution in [0.2, 0.25) is 0 Å². The van der Waals surface area contributed by atoms with Crippen molar-refractivity contribution in [1.82, 2.24) is 0 Å². The molecule has 0 aromatic heterocycles. The third-order valence-corrected chi connectivity index (χ3v) is 3.01. The van der Waals surface area contributed by atoms with Gasteiger partial charge < -0.3 is 5.11 Å². The fourth-order valence-electron chi connectivity index (χ4n) is 2.14. The van der Waals surface area contributed by atoms with E-state index in [4.69, 9.17) is 10.4 Å². The zero-order valence-corrected chi connectivity index (χ0v) is 9.29. The Balaban J connectivity index is 3.32. The molecule has 0 atom stereocenters. The highest BCUT2D eigenvalue weighted by Gasteiger charge is 2.34. The van der Waals surface area contributed by atoms with Crippen molar-refractivity contribution in [3.63, 3.8) is 0 Å². The Morgan fingerprint density at radius 1 is 1.60 bits per heavy atom. The van der Waals surface area contributed by atoms with Crippen molar-refractivity contribution < 1.29 is 9.90 Å². The van der Waals surface area contributed by atoms with Crippen molar-refractivity contribution in [2.24, 2.45) is 5.41 Å². The molecule has 0 unspecified atom stereocenters. The quantitative estimate of drug-likeness (QED) is 0.669. The van der Waals surface area contributed by atoms with Crippen LogP contribution in [0.5, 0.6) is 0 Å². The Morgan fingerprint density at radius 3 is 2.67 bits per heavy atom. The molecule has 0 aromatic rings. The molecule has 0 aliphatic heterocycles. The van der Waals surface area contributed by atoms with Gasteiger partial charge in [-0.15, -0.1) is 0 Å². The molecule has 15 heavy (non-hydrogen) atoms. The van der Waals surface area contributed by atoms with Gasteiger partial charge in [-0.1, -0.05) is 13.8 Å². The number of hydrogen-bond donors (Lipinski definition) is 1. The topological polar surface area (TPSA) is 61.1 Å². The minimum Gasteiger partial charge on any atom is -0.478 e. The molecule has 0 radical (unpaired) electrons. The first-order chi connectivity index (χ1) is 6.90. The molecule has 1 aliphatic carbocycles. The molecule has 0 saturated heterocycles. The van der Waals surface area contributed by atoms with E-state index >= 15 is 0 Å². The Hall–Kier alpha value is -1.56. The molecule has 80 valence electrons. The smallest absolute Gasteiger partial charge is 0.332 e. The molecule has 3 heteroatoms. The minimum atomic E-state index is -0.874. The van der Waals surface area contributed by atoms with Gasteiger partial charge in [-0.3, -0.25) is 0 Å². The van der Waals surface area contributed by atoms with Gasteiger partial charge in [0, 0.05) is 11.6 Å². The van der Waals surface area contributed by atoms with Crippen LogP contribution < -0.4 is 0 Å². The lowest BCUT2D eigenvalue weighted by atomic mass is 9.71. The van der Waals surface area contributed by atoms with Gasteiger partial charge in [0.15, 0.2) is 0 Å². The Bertz CT molecular complexity index is 394. The molecule has 1 aliphatic rings. The van der Waals surface area contributed by atoms with Crippen LogP contribution in [0.1, 0.15) is 33.6 Å². The molecule has 1 N–H and O–H groups in total. The van der Waals surface area contributed by atoms with Crippen LogP contribution in [0.4, 0.5) is 0 Å². The van der Waals surface area contributed by atoms with E-state index in [0.29, 0.717) is 5.57 Å². The second kappa shape index (κ2) is 3.90. The Kier molecular flexibility index (Phi) is 2.99. The van der Waals surface area contributed by atoms with Gasteiger partial charge in [0.25, 0.3) is 0 Å². The van der Waals surface area contributed by atoms with Crippen LogP contribution >= 0.6 is 0 Å². The highest BCUT2D eigenvalue weighted by Crippen LogP contribution is 2.42. The highest BCUT2D eigenvalue weighted by molar-refractivity contribution is 5.90. The summed E-state index contributed by atoms with van der Waals surface area (Å²) in [4.78, 5) is 11.2. The van der Waals surface area contributed by atoms with Crippen LogP contribution in [0.3, 0.4) is 0 Å². The van der Waals surface area contributed by atoms with Crippen LogP contribution in [0, 0.1) is 16.7 Å². The summed E-state index contributed by atoms with van der Waals surface area (Å²) in [6, 6.07) is 1.97. The lowest BCUT2D eigenvalue weighted by molar-refractivity contribution is -0.134. The summed E-state index contributed by atoms with van der Waals surface area (Å²) in [5, 5.41) is 17.8. The summed E-state index contributed by atoms with van der Waals surface area (Å²) in [5.74, 6) is -0.874. The van der Waals surface area contributed by atoms with Crippen LogP contribution in [-0.4, -0.2) is 11.1 Å². The monoisotopic (exact) mass is 205 g/mol. The van der Waals surface area contributed by atoms with Gasteiger partial charge in [0.1, 0.15) is 0 Å². The van der Waals surface area contributed by atoms with Gasteiger partial charge in [0.05, 0.1) is 6.07 Å². The zero-order chi connectivity index (χ0) is 11.6. The van der Waals surface area contributed by atoms with Gasteiger partial charge in [0.2, 0.25) is 0 Å². The fourth-order valence-corrected chi connectivity index (χ4v) is 2.14. The minimum absolute atomic E-state index is 0.303. The summed E-state index contributed by atoms with van der Waals surface area (Å²) >= 11 is 0.